The monoisotopic (exact) mass is 552 g/mol. The molecule has 9 aromatic rings. The molecule has 196 valence electrons. The Hall–Kier alpha value is -5.12. The van der Waals surface area contributed by atoms with Gasteiger partial charge in [-0.2, -0.15) is 0 Å². The molecule has 0 radical (unpaired) electrons. The molecule has 0 bridgehead atoms. The average molecular weight is 553 g/mol. The number of nitrogens with zero attached hydrogens (tertiary/aromatic N) is 2. The van der Waals surface area contributed by atoms with Crippen LogP contribution in [-0.4, -0.2) is 9.13 Å². The number of para-hydroxylation sites is 2. The highest BCUT2D eigenvalue weighted by Gasteiger charge is 2.40. The molecule has 42 heavy (non-hydrogen) atoms. The van der Waals surface area contributed by atoms with E-state index < -0.39 is 0 Å². The lowest BCUT2D eigenvalue weighted by atomic mass is 9.98. The fraction of sp³-hybridized carbons (Fsp3) is 0.0256. The second kappa shape index (κ2) is 8.22. The maximum absolute atomic E-state index is 2.52. The van der Waals surface area contributed by atoms with Crippen LogP contribution in [0.25, 0.3) is 69.7 Å². The lowest BCUT2D eigenvalue weighted by molar-refractivity contribution is 0.985. The molecule has 0 aliphatic carbocycles. The first kappa shape index (κ1) is 22.6. The normalized spacial score (nSPS) is 14.4. The van der Waals surface area contributed by atoms with Gasteiger partial charge in [-0.05, 0) is 41.5 Å². The number of hydrogen-bond donors (Lipinski definition) is 0. The first-order chi connectivity index (χ1) is 20.9. The highest BCUT2D eigenvalue weighted by atomic mass is 32.1. The summed E-state index contributed by atoms with van der Waals surface area (Å²) < 4.78 is 7.71. The molecule has 3 heteroatoms. The number of aromatic nitrogens is 2. The van der Waals surface area contributed by atoms with E-state index in [1.54, 1.807) is 0 Å². The van der Waals surface area contributed by atoms with Crippen LogP contribution in [0.2, 0.25) is 0 Å². The van der Waals surface area contributed by atoms with E-state index in [-0.39, 0.29) is 6.04 Å². The Morgan fingerprint density at radius 3 is 2.12 bits per heavy atom. The molecular formula is C39H24N2S. The van der Waals surface area contributed by atoms with Crippen LogP contribution in [0.4, 0.5) is 0 Å². The van der Waals surface area contributed by atoms with E-state index in [1.807, 2.05) is 11.3 Å². The van der Waals surface area contributed by atoms with Gasteiger partial charge in [-0.25, -0.2) is 0 Å². The molecule has 0 fully saturated rings. The average Bonchev–Trinajstić information content (AvgIpc) is 3.33. The van der Waals surface area contributed by atoms with E-state index in [4.69, 9.17) is 0 Å². The van der Waals surface area contributed by atoms with Crippen molar-refractivity contribution in [3.63, 3.8) is 0 Å². The summed E-state index contributed by atoms with van der Waals surface area (Å²) in [5.41, 5.74) is 10.5. The van der Waals surface area contributed by atoms with Gasteiger partial charge in [-0.15, -0.1) is 11.3 Å². The third-order valence-electron chi connectivity index (χ3n) is 9.08. The molecule has 0 spiro atoms. The summed E-state index contributed by atoms with van der Waals surface area (Å²) in [4.78, 5) is 0. The van der Waals surface area contributed by atoms with E-state index in [0.717, 1.165) is 0 Å². The molecule has 0 N–H and O–H groups in total. The molecule has 0 saturated carbocycles. The molecule has 10 rings (SSSR count). The Morgan fingerprint density at radius 2 is 1.24 bits per heavy atom. The van der Waals surface area contributed by atoms with E-state index in [9.17, 15) is 0 Å². The van der Waals surface area contributed by atoms with Crippen molar-refractivity contribution in [1.29, 1.82) is 0 Å². The van der Waals surface area contributed by atoms with Crippen LogP contribution in [0.1, 0.15) is 17.3 Å². The van der Waals surface area contributed by atoms with Crippen LogP contribution in [0.15, 0.2) is 140 Å². The molecule has 0 saturated heterocycles. The van der Waals surface area contributed by atoms with Crippen LogP contribution in [0.5, 0.6) is 0 Å². The van der Waals surface area contributed by atoms with Gasteiger partial charge in [-0.1, -0.05) is 109 Å². The summed E-state index contributed by atoms with van der Waals surface area (Å²) in [5.74, 6) is 0. The highest BCUT2D eigenvalue weighted by Crippen LogP contribution is 2.53. The van der Waals surface area contributed by atoms with Gasteiger partial charge in [-0.3, -0.25) is 0 Å². The van der Waals surface area contributed by atoms with Crippen molar-refractivity contribution in [2.75, 3.05) is 0 Å². The summed E-state index contributed by atoms with van der Waals surface area (Å²) in [6.45, 7) is 0. The second-order valence-corrected chi connectivity index (χ2v) is 12.4. The quantitative estimate of drug-likeness (QED) is 0.206. The van der Waals surface area contributed by atoms with Gasteiger partial charge in [0.25, 0.3) is 0 Å². The van der Waals surface area contributed by atoms with E-state index in [1.165, 1.54) is 81.0 Å². The number of rotatable bonds is 3. The number of benzene rings is 6. The molecule has 0 amide bonds. The molecule has 1 unspecified atom stereocenters. The second-order valence-electron chi connectivity index (χ2n) is 11.3. The maximum atomic E-state index is 2.52. The molecule has 2 nitrogen and oxygen atoms in total. The first-order valence-corrected chi connectivity index (χ1v) is 15.3. The standard InChI is InChI=1S/C39H24N2S/c1-2-11-24(12-3-1)35-31-17-5-8-19-33(31)41-36(38(35)41)25-13-10-14-26(23-25)40-32-18-7-4-15-27(32)29-21-22-30-28-16-6-9-20-34(28)42-39(30)37(29)40/h1-23,36H. The first-order valence-electron chi connectivity index (χ1n) is 14.5. The Bertz CT molecular complexity index is 2530. The molecule has 3 aromatic heterocycles. The van der Waals surface area contributed by atoms with Crippen LogP contribution >= 0.6 is 11.3 Å². The Kier molecular flexibility index (Phi) is 4.41. The number of fused-ring (bicyclic) bond motifs is 10. The van der Waals surface area contributed by atoms with Crippen molar-refractivity contribution in [1.82, 2.24) is 9.13 Å². The van der Waals surface area contributed by atoms with E-state index in [2.05, 4.69) is 149 Å². The summed E-state index contributed by atoms with van der Waals surface area (Å²) in [5, 5.41) is 6.61. The summed E-state index contributed by atoms with van der Waals surface area (Å²) in [6, 6.07) is 51.5. The third-order valence-corrected chi connectivity index (χ3v) is 10.3. The number of thiophene rings is 1. The van der Waals surface area contributed by atoms with Gasteiger partial charge in [0, 0.05) is 48.4 Å². The number of hydrogen-bond acceptors (Lipinski definition) is 1. The molecule has 1 aliphatic heterocycles. The van der Waals surface area contributed by atoms with Crippen molar-refractivity contribution in [3.05, 3.63) is 151 Å². The van der Waals surface area contributed by atoms with Crippen molar-refractivity contribution in [2.45, 2.75) is 6.04 Å². The summed E-state index contributed by atoms with van der Waals surface area (Å²) >= 11 is 1.91. The van der Waals surface area contributed by atoms with E-state index >= 15 is 0 Å². The smallest absolute Gasteiger partial charge is 0.100 e. The van der Waals surface area contributed by atoms with Crippen molar-refractivity contribution >= 4 is 64.2 Å². The SMILES string of the molecule is c1ccc(-c2c3n(c4ccccc24)C3c2cccc(-n3c4ccccc4c4ccc5c6ccccc6sc5c43)c2)cc1. The Balaban J connectivity index is 1.22. The highest BCUT2D eigenvalue weighted by molar-refractivity contribution is 7.26. The van der Waals surface area contributed by atoms with Gasteiger partial charge in [0.2, 0.25) is 0 Å². The minimum atomic E-state index is 0.257. The Morgan fingerprint density at radius 1 is 0.524 bits per heavy atom. The zero-order valence-corrected chi connectivity index (χ0v) is 23.5. The predicted molar refractivity (Wildman–Crippen MR) is 178 cm³/mol. The van der Waals surface area contributed by atoms with Crippen molar-refractivity contribution in [2.24, 2.45) is 0 Å². The lowest BCUT2D eigenvalue weighted by Crippen LogP contribution is -1.97. The largest absolute Gasteiger partial charge is 0.328 e. The van der Waals surface area contributed by atoms with Crippen LogP contribution in [0, 0.1) is 0 Å². The minimum Gasteiger partial charge on any atom is -0.328 e. The maximum Gasteiger partial charge on any atom is 0.100 e. The van der Waals surface area contributed by atoms with Crippen LogP contribution in [0.3, 0.4) is 0 Å². The van der Waals surface area contributed by atoms with Gasteiger partial charge >= 0.3 is 0 Å². The third kappa shape index (κ3) is 2.93. The van der Waals surface area contributed by atoms with Crippen LogP contribution in [-0.2, 0) is 0 Å². The zero-order chi connectivity index (χ0) is 27.4. The zero-order valence-electron chi connectivity index (χ0n) is 22.7. The fourth-order valence-corrected chi connectivity index (χ4v) is 8.54. The van der Waals surface area contributed by atoms with Crippen LogP contribution < -0.4 is 0 Å². The molecule has 6 aromatic carbocycles. The molecule has 1 aliphatic rings. The predicted octanol–water partition coefficient (Wildman–Crippen LogP) is 10.7. The van der Waals surface area contributed by atoms with Gasteiger partial charge in [0.15, 0.2) is 0 Å². The fourth-order valence-electron chi connectivity index (χ4n) is 7.30. The van der Waals surface area contributed by atoms with Crippen molar-refractivity contribution in [3.8, 4) is 16.8 Å². The summed E-state index contributed by atoms with van der Waals surface area (Å²) in [6.07, 6.45) is 0. The summed E-state index contributed by atoms with van der Waals surface area (Å²) in [7, 11) is 0. The minimum absolute atomic E-state index is 0.257. The topological polar surface area (TPSA) is 9.86 Å². The van der Waals surface area contributed by atoms with Gasteiger partial charge in [0.1, 0.15) is 6.04 Å². The van der Waals surface area contributed by atoms with Crippen molar-refractivity contribution < 1.29 is 0 Å². The molecule has 1 atom stereocenters. The van der Waals surface area contributed by atoms with Gasteiger partial charge < -0.3 is 9.13 Å². The molecular weight excluding hydrogens is 529 g/mol. The van der Waals surface area contributed by atoms with Gasteiger partial charge in [0.05, 0.1) is 21.4 Å². The molecule has 4 heterocycles. The van der Waals surface area contributed by atoms with E-state index in [0.29, 0.717) is 0 Å². The Labute approximate surface area is 246 Å². The lowest BCUT2D eigenvalue weighted by Gasteiger charge is -2.11.